The SMILES string of the molecule is Cc1nc(-c2ccn(CCC(C)C)n2)sc1C(=O)NCc1ccccc1. The van der Waals surface area contributed by atoms with Crippen molar-refractivity contribution in [2.45, 2.75) is 40.3 Å². The molecule has 3 rings (SSSR count). The van der Waals surface area contributed by atoms with E-state index in [1.54, 1.807) is 0 Å². The van der Waals surface area contributed by atoms with Crippen LogP contribution in [0, 0.1) is 12.8 Å². The fourth-order valence-electron chi connectivity index (χ4n) is 2.57. The Bertz CT molecular complexity index is 867. The van der Waals surface area contributed by atoms with Crippen LogP contribution in [0.3, 0.4) is 0 Å². The maximum absolute atomic E-state index is 12.5. The van der Waals surface area contributed by atoms with Gasteiger partial charge in [-0.15, -0.1) is 11.3 Å². The van der Waals surface area contributed by atoms with Crippen LogP contribution in [0.25, 0.3) is 10.7 Å². The van der Waals surface area contributed by atoms with Gasteiger partial charge in [-0.1, -0.05) is 44.2 Å². The second-order valence-electron chi connectivity index (χ2n) is 6.75. The largest absolute Gasteiger partial charge is 0.347 e. The number of aromatic nitrogens is 3. The molecule has 136 valence electrons. The van der Waals surface area contributed by atoms with Crippen molar-refractivity contribution < 1.29 is 4.79 Å². The standard InChI is InChI=1S/C20H24N4OS/c1-14(2)9-11-24-12-10-17(23-24)20-22-15(3)18(26-20)19(25)21-13-16-7-5-4-6-8-16/h4-8,10,12,14H,9,11,13H2,1-3H3,(H,21,25). The van der Waals surface area contributed by atoms with Crippen LogP contribution in [-0.4, -0.2) is 20.7 Å². The first-order valence-corrected chi connectivity index (χ1v) is 9.68. The van der Waals surface area contributed by atoms with Crippen LogP contribution >= 0.6 is 11.3 Å². The van der Waals surface area contributed by atoms with Crippen molar-refractivity contribution in [1.82, 2.24) is 20.1 Å². The van der Waals surface area contributed by atoms with Crippen LogP contribution in [0.2, 0.25) is 0 Å². The molecule has 0 radical (unpaired) electrons. The number of thiazole rings is 1. The van der Waals surface area contributed by atoms with Crippen LogP contribution in [0.4, 0.5) is 0 Å². The first kappa shape index (κ1) is 18.3. The molecule has 0 saturated heterocycles. The van der Waals surface area contributed by atoms with Crippen LogP contribution in [-0.2, 0) is 13.1 Å². The monoisotopic (exact) mass is 368 g/mol. The second-order valence-corrected chi connectivity index (χ2v) is 7.75. The van der Waals surface area contributed by atoms with Crippen molar-refractivity contribution in [3.05, 3.63) is 58.7 Å². The zero-order valence-electron chi connectivity index (χ0n) is 15.4. The summed E-state index contributed by atoms with van der Waals surface area (Å²) in [6.07, 6.45) is 3.06. The van der Waals surface area contributed by atoms with E-state index < -0.39 is 0 Å². The van der Waals surface area contributed by atoms with Gasteiger partial charge in [-0.05, 0) is 30.9 Å². The summed E-state index contributed by atoms with van der Waals surface area (Å²) in [6, 6.07) is 11.8. The Morgan fingerprint density at radius 2 is 2.00 bits per heavy atom. The molecule has 0 aliphatic rings. The summed E-state index contributed by atoms with van der Waals surface area (Å²) < 4.78 is 1.95. The highest BCUT2D eigenvalue weighted by Gasteiger charge is 2.17. The molecule has 0 spiro atoms. The molecule has 26 heavy (non-hydrogen) atoms. The van der Waals surface area contributed by atoms with Gasteiger partial charge >= 0.3 is 0 Å². The second kappa shape index (κ2) is 8.27. The molecule has 2 heterocycles. The lowest BCUT2D eigenvalue weighted by molar-refractivity contribution is 0.0954. The Morgan fingerprint density at radius 3 is 2.73 bits per heavy atom. The highest BCUT2D eigenvalue weighted by Crippen LogP contribution is 2.26. The van der Waals surface area contributed by atoms with Gasteiger partial charge in [-0.3, -0.25) is 9.48 Å². The summed E-state index contributed by atoms with van der Waals surface area (Å²) in [5, 5.41) is 8.35. The molecule has 0 unspecified atom stereocenters. The van der Waals surface area contributed by atoms with Crippen molar-refractivity contribution in [3.63, 3.8) is 0 Å². The van der Waals surface area contributed by atoms with E-state index in [0.717, 1.165) is 34.9 Å². The molecule has 1 N–H and O–H groups in total. The van der Waals surface area contributed by atoms with E-state index in [4.69, 9.17) is 0 Å². The lowest BCUT2D eigenvalue weighted by Gasteiger charge is -2.04. The summed E-state index contributed by atoms with van der Waals surface area (Å²) in [4.78, 5) is 17.7. The van der Waals surface area contributed by atoms with Gasteiger partial charge in [0.1, 0.15) is 15.6 Å². The van der Waals surface area contributed by atoms with Gasteiger partial charge in [-0.2, -0.15) is 5.10 Å². The Labute approximate surface area is 158 Å². The minimum absolute atomic E-state index is 0.0886. The number of carbonyl (C=O) groups is 1. The van der Waals surface area contributed by atoms with Crippen LogP contribution in [0.1, 0.15) is 41.2 Å². The number of hydrogen-bond donors (Lipinski definition) is 1. The van der Waals surface area contributed by atoms with Gasteiger partial charge in [0.25, 0.3) is 5.91 Å². The number of benzene rings is 1. The normalized spacial score (nSPS) is 11.1. The minimum atomic E-state index is -0.0886. The molecule has 5 nitrogen and oxygen atoms in total. The van der Waals surface area contributed by atoms with Gasteiger partial charge in [0.2, 0.25) is 0 Å². The topological polar surface area (TPSA) is 59.8 Å². The summed E-state index contributed by atoms with van der Waals surface area (Å²) in [7, 11) is 0. The Hall–Kier alpha value is -2.47. The molecule has 0 saturated carbocycles. The minimum Gasteiger partial charge on any atom is -0.347 e. The molecule has 0 aliphatic carbocycles. The molecular weight excluding hydrogens is 344 g/mol. The van der Waals surface area contributed by atoms with Crippen molar-refractivity contribution in [1.29, 1.82) is 0 Å². The number of nitrogens with one attached hydrogen (secondary N) is 1. The van der Waals surface area contributed by atoms with Crippen molar-refractivity contribution in [2.24, 2.45) is 5.92 Å². The zero-order chi connectivity index (χ0) is 18.5. The molecule has 0 atom stereocenters. The van der Waals surface area contributed by atoms with E-state index in [0.29, 0.717) is 17.3 Å². The van der Waals surface area contributed by atoms with Crippen LogP contribution in [0.15, 0.2) is 42.6 Å². The van der Waals surface area contributed by atoms with Gasteiger partial charge < -0.3 is 5.32 Å². The molecule has 0 fully saturated rings. The maximum atomic E-state index is 12.5. The number of nitrogens with zero attached hydrogens (tertiary/aromatic N) is 3. The quantitative estimate of drug-likeness (QED) is 0.677. The summed E-state index contributed by atoms with van der Waals surface area (Å²) in [5.74, 6) is 0.555. The fraction of sp³-hybridized carbons (Fsp3) is 0.350. The van der Waals surface area contributed by atoms with Crippen LogP contribution < -0.4 is 5.32 Å². The lowest BCUT2D eigenvalue weighted by atomic mass is 10.1. The Kier molecular flexibility index (Phi) is 5.83. The third-order valence-corrected chi connectivity index (χ3v) is 5.27. The number of hydrogen-bond acceptors (Lipinski definition) is 4. The lowest BCUT2D eigenvalue weighted by Crippen LogP contribution is -2.22. The first-order chi connectivity index (χ1) is 12.5. The van der Waals surface area contributed by atoms with Crippen molar-refractivity contribution in [3.8, 4) is 10.7 Å². The summed E-state index contributed by atoms with van der Waals surface area (Å²) >= 11 is 1.39. The van der Waals surface area contributed by atoms with E-state index in [-0.39, 0.29) is 5.91 Å². The molecular formula is C20H24N4OS. The number of amides is 1. The van der Waals surface area contributed by atoms with E-state index in [1.807, 2.05) is 54.2 Å². The van der Waals surface area contributed by atoms with Crippen molar-refractivity contribution in [2.75, 3.05) is 0 Å². The molecule has 3 aromatic rings. The maximum Gasteiger partial charge on any atom is 0.263 e. The molecule has 2 aromatic heterocycles. The fourth-order valence-corrected chi connectivity index (χ4v) is 3.51. The number of carbonyl (C=O) groups excluding carboxylic acids is 1. The third kappa shape index (κ3) is 4.58. The number of aryl methyl sites for hydroxylation is 2. The van der Waals surface area contributed by atoms with Gasteiger partial charge in [0.05, 0.1) is 5.69 Å². The average Bonchev–Trinajstić information content (AvgIpc) is 3.25. The van der Waals surface area contributed by atoms with Crippen molar-refractivity contribution >= 4 is 17.2 Å². The summed E-state index contributed by atoms with van der Waals surface area (Å²) in [5.41, 5.74) is 2.64. The van der Waals surface area contributed by atoms with E-state index in [2.05, 4.69) is 29.2 Å². The van der Waals surface area contributed by atoms with Crippen LogP contribution in [0.5, 0.6) is 0 Å². The average molecular weight is 369 g/mol. The highest BCUT2D eigenvalue weighted by molar-refractivity contribution is 7.17. The van der Waals surface area contributed by atoms with E-state index >= 15 is 0 Å². The van der Waals surface area contributed by atoms with E-state index in [1.165, 1.54) is 11.3 Å². The highest BCUT2D eigenvalue weighted by atomic mass is 32.1. The predicted octanol–water partition coefficient (Wildman–Crippen LogP) is 4.29. The van der Waals surface area contributed by atoms with Gasteiger partial charge in [-0.25, -0.2) is 4.98 Å². The summed E-state index contributed by atoms with van der Waals surface area (Å²) in [6.45, 7) is 7.68. The Morgan fingerprint density at radius 1 is 1.23 bits per heavy atom. The number of rotatable bonds is 7. The molecule has 1 aromatic carbocycles. The predicted molar refractivity (Wildman–Crippen MR) is 105 cm³/mol. The zero-order valence-corrected chi connectivity index (χ0v) is 16.2. The van der Waals surface area contributed by atoms with Gasteiger partial charge in [0, 0.05) is 19.3 Å². The molecule has 6 heteroatoms. The third-order valence-electron chi connectivity index (χ3n) is 4.09. The smallest absolute Gasteiger partial charge is 0.263 e. The molecule has 1 amide bonds. The first-order valence-electron chi connectivity index (χ1n) is 8.86. The molecule has 0 aliphatic heterocycles. The van der Waals surface area contributed by atoms with E-state index in [9.17, 15) is 4.79 Å². The Balaban J connectivity index is 1.67. The van der Waals surface area contributed by atoms with Gasteiger partial charge in [0.15, 0.2) is 0 Å². The molecule has 0 bridgehead atoms.